The maximum atomic E-state index is 13.2. The van der Waals surface area contributed by atoms with E-state index in [9.17, 15) is 18.0 Å². The minimum atomic E-state index is -4.08. The van der Waals surface area contributed by atoms with Crippen molar-refractivity contribution in [2.75, 3.05) is 9.62 Å². The summed E-state index contributed by atoms with van der Waals surface area (Å²) in [7, 11) is -4.08. The smallest absolute Gasteiger partial charge is 0.269 e. The van der Waals surface area contributed by atoms with Crippen molar-refractivity contribution in [1.29, 1.82) is 5.26 Å². The predicted molar refractivity (Wildman–Crippen MR) is 127 cm³/mol. The normalized spacial score (nSPS) is 13.6. The Morgan fingerprint density at radius 1 is 0.971 bits per heavy atom. The zero-order valence-corrected chi connectivity index (χ0v) is 20.0. The number of benzene rings is 2. The molecule has 2 amide bonds. The molecule has 0 fully saturated rings. The number of pyridine rings is 1. The van der Waals surface area contributed by atoms with Crippen LogP contribution in [-0.2, 0) is 15.4 Å². The number of nitrogens with one attached hydrogen (secondary N) is 1. The van der Waals surface area contributed by atoms with Crippen LogP contribution in [0.15, 0.2) is 59.5 Å². The van der Waals surface area contributed by atoms with Crippen LogP contribution in [0, 0.1) is 11.3 Å². The summed E-state index contributed by atoms with van der Waals surface area (Å²) in [5, 5.41) is 9.09. The number of rotatable bonds is 4. The van der Waals surface area contributed by atoms with Crippen LogP contribution in [-0.4, -0.2) is 25.2 Å². The summed E-state index contributed by atoms with van der Waals surface area (Å²) in [6.07, 6.45) is 0. The number of aromatic nitrogens is 1. The molecule has 172 valence electrons. The highest BCUT2D eigenvalue weighted by atomic mass is 35.5. The Balaban J connectivity index is 1.74. The van der Waals surface area contributed by atoms with E-state index in [2.05, 4.69) is 9.71 Å². The number of imide groups is 1. The third-order valence-corrected chi connectivity index (χ3v) is 7.04. The first-order valence-electron chi connectivity index (χ1n) is 10.2. The van der Waals surface area contributed by atoms with Gasteiger partial charge in [-0.1, -0.05) is 50.6 Å². The molecule has 0 atom stereocenters. The van der Waals surface area contributed by atoms with Crippen LogP contribution >= 0.6 is 11.6 Å². The van der Waals surface area contributed by atoms with E-state index < -0.39 is 21.8 Å². The highest BCUT2D eigenvalue weighted by Gasteiger charge is 2.42. The van der Waals surface area contributed by atoms with Gasteiger partial charge in [-0.3, -0.25) is 14.3 Å². The molecule has 1 N–H and O–H groups in total. The maximum absolute atomic E-state index is 13.2. The molecule has 0 spiro atoms. The quantitative estimate of drug-likeness (QED) is 0.533. The minimum Gasteiger partial charge on any atom is -0.279 e. The molecule has 0 aliphatic carbocycles. The van der Waals surface area contributed by atoms with Crippen molar-refractivity contribution in [3.05, 3.63) is 82.0 Å². The molecule has 0 saturated heterocycles. The molecule has 0 bridgehead atoms. The zero-order chi connectivity index (χ0) is 24.8. The molecule has 0 radical (unpaired) electrons. The number of nitrogens with zero attached hydrogens (tertiary/aromatic N) is 3. The van der Waals surface area contributed by atoms with E-state index in [-0.39, 0.29) is 43.7 Å². The Morgan fingerprint density at radius 3 is 2.24 bits per heavy atom. The Hall–Kier alpha value is -3.74. The van der Waals surface area contributed by atoms with Crippen molar-refractivity contribution >= 4 is 44.9 Å². The van der Waals surface area contributed by atoms with Crippen molar-refractivity contribution in [2.24, 2.45) is 0 Å². The molecule has 0 unspecified atom stereocenters. The number of carbonyl (C=O) groups excluding carboxylic acids is 2. The lowest BCUT2D eigenvalue weighted by Gasteiger charge is -2.19. The van der Waals surface area contributed by atoms with Gasteiger partial charge in [-0.25, -0.2) is 18.3 Å². The Labute approximate surface area is 201 Å². The molecule has 2 aromatic carbocycles. The fourth-order valence-corrected chi connectivity index (χ4v) is 4.88. The van der Waals surface area contributed by atoms with E-state index in [1.165, 1.54) is 42.5 Å². The summed E-state index contributed by atoms with van der Waals surface area (Å²) < 4.78 is 28.5. The average molecular weight is 495 g/mol. The van der Waals surface area contributed by atoms with E-state index in [0.29, 0.717) is 0 Å². The van der Waals surface area contributed by atoms with Crippen LogP contribution < -0.4 is 9.62 Å². The van der Waals surface area contributed by atoms with E-state index in [1.807, 2.05) is 26.8 Å². The average Bonchev–Trinajstić information content (AvgIpc) is 3.06. The van der Waals surface area contributed by atoms with Crippen LogP contribution in [0.25, 0.3) is 0 Å². The topological polar surface area (TPSA) is 120 Å². The van der Waals surface area contributed by atoms with Crippen LogP contribution in [0.2, 0.25) is 5.02 Å². The highest BCUT2D eigenvalue weighted by molar-refractivity contribution is 7.92. The predicted octanol–water partition coefficient (Wildman–Crippen LogP) is 4.51. The Bertz CT molecular complexity index is 1490. The molecular formula is C24H19ClN4O4S. The van der Waals surface area contributed by atoms with E-state index in [0.717, 1.165) is 10.5 Å². The summed E-state index contributed by atoms with van der Waals surface area (Å²) in [4.78, 5) is 31.1. The Kier molecular flexibility index (Phi) is 5.67. The number of amides is 2. The summed E-state index contributed by atoms with van der Waals surface area (Å²) in [6, 6.07) is 15.3. The Morgan fingerprint density at radius 2 is 1.62 bits per heavy atom. The van der Waals surface area contributed by atoms with Crippen molar-refractivity contribution in [2.45, 2.75) is 31.1 Å². The van der Waals surface area contributed by atoms with E-state index in [4.69, 9.17) is 16.9 Å². The molecular weight excluding hydrogens is 476 g/mol. The van der Waals surface area contributed by atoms with Crippen molar-refractivity contribution in [3.63, 3.8) is 0 Å². The number of halogens is 1. The molecule has 1 aliphatic heterocycles. The molecule has 3 aromatic rings. The fraction of sp³-hybridized carbons (Fsp3) is 0.167. The van der Waals surface area contributed by atoms with E-state index in [1.54, 1.807) is 12.1 Å². The van der Waals surface area contributed by atoms with Gasteiger partial charge in [0.2, 0.25) is 0 Å². The summed E-state index contributed by atoms with van der Waals surface area (Å²) in [5.74, 6) is -1.62. The highest BCUT2D eigenvalue weighted by Crippen LogP contribution is 2.37. The largest absolute Gasteiger partial charge is 0.279 e. The van der Waals surface area contributed by atoms with Gasteiger partial charge in [-0.15, -0.1) is 0 Å². The van der Waals surface area contributed by atoms with Gasteiger partial charge < -0.3 is 0 Å². The minimum absolute atomic E-state index is 0.00113. The van der Waals surface area contributed by atoms with Crippen LogP contribution in [0.1, 0.15) is 52.7 Å². The van der Waals surface area contributed by atoms with Crippen LogP contribution in [0.3, 0.4) is 0 Å². The van der Waals surface area contributed by atoms with Gasteiger partial charge in [0.15, 0.2) is 0 Å². The van der Waals surface area contributed by atoms with E-state index >= 15 is 0 Å². The summed E-state index contributed by atoms with van der Waals surface area (Å²) in [5.41, 5.74) is 0.411. The van der Waals surface area contributed by atoms with Gasteiger partial charge in [0, 0.05) is 0 Å². The molecule has 0 saturated carbocycles. The number of hydrogen-bond acceptors (Lipinski definition) is 6. The van der Waals surface area contributed by atoms with Crippen molar-refractivity contribution in [3.8, 4) is 6.07 Å². The van der Waals surface area contributed by atoms with Gasteiger partial charge in [-0.05, 0) is 47.4 Å². The standard InChI is InChI=1S/C24H19ClN4O4S/c1-24(2,3)14-7-9-16(10-8-14)34(32,33)28-18-12-11-17(25)20-21(18)23(31)29(22(20)30)19-6-4-5-15(13-26)27-19/h4-12,28H,1-3H3. The second-order valence-electron chi connectivity index (χ2n) is 8.66. The number of sulfonamides is 1. The monoisotopic (exact) mass is 494 g/mol. The van der Waals surface area contributed by atoms with Gasteiger partial charge in [-0.2, -0.15) is 5.26 Å². The van der Waals surface area contributed by atoms with Gasteiger partial charge >= 0.3 is 0 Å². The lowest BCUT2D eigenvalue weighted by atomic mass is 9.87. The van der Waals surface area contributed by atoms with Crippen LogP contribution in [0.4, 0.5) is 11.5 Å². The number of nitriles is 1. The lowest BCUT2D eigenvalue weighted by Crippen LogP contribution is -2.30. The van der Waals surface area contributed by atoms with Gasteiger partial charge in [0.25, 0.3) is 21.8 Å². The molecule has 8 nitrogen and oxygen atoms in total. The molecule has 34 heavy (non-hydrogen) atoms. The maximum Gasteiger partial charge on any atom is 0.269 e. The molecule has 1 aliphatic rings. The first-order valence-corrected chi connectivity index (χ1v) is 12.0. The second-order valence-corrected chi connectivity index (χ2v) is 10.8. The first kappa shape index (κ1) is 23.4. The number of fused-ring (bicyclic) bond motifs is 1. The fourth-order valence-electron chi connectivity index (χ4n) is 3.57. The van der Waals surface area contributed by atoms with Gasteiger partial charge in [0.1, 0.15) is 17.6 Å². The number of hydrogen-bond donors (Lipinski definition) is 1. The molecule has 2 heterocycles. The number of anilines is 2. The SMILES string of the molecule is CC(C)(C)c1ccc(S(=O)(=O)Nc2ccc(Cl)c3c2C(=O)N(c2cccc(C#N)n2)C3=O)cc1. The van der Waals surface area contributed by atoms with Gasteiger partial charge in [0.05, 0.1) is 26.7 Å². The molecule has 10 heteroatoms. The van der Waals surface area contributed by atoms with Crippen LogP contribution in [0.5, 0.6) is 0 Å². The third-order valence-electron chi connectivity index (χ3n) is 5.34. The summed E-state index contributed by atoms with van der Waals surface area (Å²) in [6.45, 7) is 6.05. The number of carbonyl (C=O) groups is 2. The lowest BCUT2D eigenvalue weighted by molar-refractivity contribution is 0.0925. The summed E-state index contributed by atoms with van der Waals surface area (Å²) >= 11 is 6.21. The van der Waals surface area contributed by atoms with Crippen molar-refractivity contribution < 1.29 is 18.0 Å². The first-order chi connectivity index (χ1) is 15.9. The molecule has 4 rings (SSSR count). The third kappa shape index (κ3) is 4.02. The zero-order valence-electron chi connectivity index (χ0n) is 18.5. The van der Waals surface area contributed by atoms with Crippen molar-refractivity contribution in [1.82, 2.24) is 4.98 Å². The second kappa shape index (κ2) is 8.24. The molecule has 1 aromatic heterocycles.